The summed E-state index contributed by atoms with van der Waals surface area (Å²) in [6.07, 6.45) is -5.03. The van der Waals surface area contributed by atoms with Crippen molar-refractivity contribution in [3.63, 3.8) is 0 Å². The third-order valence-electron chi connectivity index (χ3n) is 4.01. The molecular weight excluding hydrogens is 270 g/mol. The van der Waals surface area contributed by atoms with Gasteiger partial charge in [0.05, 0.1) is 25.5 Å². The van der Waals surface area contributed by atoms with E-state index >= 15 is 0 Å². The molecule has 0 radical (unpaired) electrons. The van der Waals surface area contributed by atoms with Crippen molar-refractivity contribution in [2.75, 3.05) is 13.3 Å². The maximum Gasteiger partial charge on any atom is 0.317 e. The summed E-state index contributed by atoms with van der Waals surface area (Å²) in [5, 5.41) is 37.3. The van der Waals surface area contributed by atoms with Gasteiger partial charge in [0.25, 0.3) is 0 Å². The number of rotatable bonds is 2. The van der Waals surface area contributed by atoms with Crippen LogP contribution in [-0.2, 0) is 4.74 Å². The predicted molar refractivity (Wildman–Crippen MR) is 64.8 cm³/mol. The molecule has 0 aromatic carbocycles. The summed E-state index contributed by atoms with van der Waals surface area (Å²) in [6, 6.07) is -0.645. The Balaban J connectivity index is 1.76. The fraction of sp³-hybridized carbons (Fsp3) is 0.900. The van der Waals surface area contributed by atoms with Gasteiger partial charge in [-0.15, -0.1) is 0 Å². The number of ether oxygens (including phenoxy) is 1. The number of hydrogen-bond acceptors (Lipinski definition) is 8. The molecule has 0 aromatic rings. The maximum atomic E-state index is 11.5. The Labute approximate surface area is 114 Å². The molecule has 2 amide bonds. The van der Waals surface area contributed by atoms with Crippen molar-refractivity contribution in [1.29, 1.82) is 0 Å². The lowest BCUT2D eigenvalue weighted by molar-refractivity contribution is -0.107. The standard InChI is InChI=1S/C10H19N5O5/c11-7-4-8(14-10(19)13-7)15(2-12-4)9-6(18)5(17)3(1-16)20-9/h3-9,12,16-18H,1-2,11H2,(H2,13,14,19)/t3-,4-,5-,6-,7+,8+,9-/m1/s1. The van der Waals surface area contributed by atoms with Crippen LogP contribution in [0.1, 0.15) is 0 Å². The lowest BCUT2D eigenvalue weighted by Gasteiger charge is -2.38. The molecule has 0 aromatic heterocycles. The Bertz CT molecular complexity index is 398. The molecular formula is C10H19N5O5. The van der Waals surface area contributed by atoms with E-state index in [4.69, 9.17) is 15.6 Å². The molecule has 10 heteroatoms. The zero-order valence-corrected chi connectivity index (χ0v) is 10.6. The predicted octanol–water partition coefficient (Wildman–Crippen LogP) is -4.42. The zero-order chi connectivity index (χ0) is 14.4. The highest BCUT2D eigenvalue weighted by molar-refractivity contribution is 5.75. The number of aliphatic hydroxyl groups is 3. The molecule has 7 atom stereocenters. The van der Waals surface area contributed by atoms with Crippen molar-refractivity contribution in [2.45, 2.75) is 42.9 Å². The number of urea groups is 1. The molecule has 0 spiro atoms. The van der Waals surface area contributed by atoms with Gasteiger partial charge in [-0.25, -0.2) is 9.69 Å². The lowest BCUT2D eigenvalue weighted by atomic mass is 10.1. The fourth-order valence-electron chi connectivity index (χ4n) is 2.94. The molecule has 3 saturated heterocycles. The van der Waals surface area contributed by atoms with Crippen LogP contribution in [-0.4, -0.2) is 82.4 Å². The van der Waals surface area contributed by atoms with Gasteiger partial charge in [0.2, 0.25) is 0 Å². The zero-order valence-electron chi connectivity index (χ0n) is 10.6. The monoisotopic (exact) mass is 289 g/mol. The van der Waals surface area contributed by atoms with Crippen molar-refractivity contribution >= 4 is 6.03 Å². The first-order valence-electron chi connectivity index (χ1n) is 6.47. The van der Waals surface area contributed by atoms with Gasteiger partial charge in [0, 0.05) is 0 Å². The van der Waals surface area contributed by atoms with E-state index in [1.165, 1.54) is 0 Å². The normalized spacial score (nSPS) is 48.8. The van der Waals surface area contributed by atoms with Crippen molar-refractivity contribution in [1.82, 2.24) is 20.9 Å². The molecule has 8 N–H and O–H groups in total. The SMILES string of the molecule is N[C@H]1NC(=O)N[C@@H]2[C@@H]1NCN2[C@@H]1O[C@H](CO)[C@@H](O)[C@H]1O. The number of fused-ring (bicyclic) bond motifs is 1. The molecule has 0 saturated carbocycles. The number of carbonyl (C=O) groups is 1. The minimum atomic E-state index is -1.17. The smallest absolute Gasteiger partial charge is 0.317 e. The average Bonchev–Trinajstić information content (AvgIpc) is 2.93. The molecule has 3 aliphatic rings. The molecule has 10 nitrogen and oxygen atoms in total. The summed E-state index contributed by atoms with van der Waals surface area (Å²) in [5.74, 6) is 0. The number of nitrogens with zero attached hydrogens (tertiary/aromatic N) is 1. The van der Waals surface area contributed by atoms with Gasteiger partial charge >= 0.3 is 6.03 Å². The van der Waals surface area contributed by atoms with Crippen molar-refractivity contribution in [2.24, 2.45) is 5.73 Å². The van der Waals surface area contributed by atoms with Crippen molar-refractivity contribution < 1.29 is 24.9 Å². The summed E-state index contributed by atoms with van der Waals surface area (Å²) in [4.78, 5) is 13.2. The Morgan fingerprint density at radius 3 is 2.75 bits per heavy atom. The first kappa shape index (κ1) is 13.9. The number of nitrogens with two attached hydrogens (primary N) is 1. The van der Waals surface area contributed by atoms with Crippen LogP contribution in [0.2, 0.25) is 0 Å². The van der Waals surface area contributed by atoms with E-state index in [1.54, 1.807) is 4.90 Å². The van der Waals surface area contributed by atoms with E-state index < -0.39 is 49.5 Å². The minimum absolute atomic E-state index is 0.242. The van der Waals surface area contributed by atoms with Gasteiger partial charge in [-0.1, -0.05) is 0 Å². The number of amides is 2. The topological polar surface area (TPSA) is 152 Å². The third kappa shape index (κ3) is 2.05. The van der Waals surface area contributed by atoms with Gasteiger partial charge < -0.3 is 36.4 Å². The molecule has 114 valence electrons. The summed E-state index contributed by atoms with van der Waals surface area (Å²) in [7, 11) is 0. The van der Waals surface area contributed by atoms with E-state index in [9.17, 15) is 15.0 Å². The molecule has 0 aliphatic carbocycles. The quantitative estimate of drug-likeness (QED) is 0.269. The fourth-order valence-corrected chi connectivity index (χ4v) is 2.94. The summed E-state index contributed by atoms with van der Waals surface area (Å²) >= 11 is 0. The van der Waals surface area contributed by atoms with Crippen LogP contribution in [0.3, 0.4) is 0 Å². The highest BCUT2D eigenvalue weighted by Gasteiger charge is 2.52. The molecule has 3 fully saturated rings. The van der Waals surface area contributed by atoms with Gasteiger partial charge in [-0.3, -0.25) is 5.32 Å². The molecule has 3 aliphatic heterocycles. The van der Waals surface area contributed by atoms with E-state index in [-0.39, 0.29) is 6.04 Å². The van der Waals surface area contributed by atoms with E-state index in [0.717, 1.165) is 0 Å². The second-order valence-corrected chi connectivity index (χ2v) is 5.22. The Hall–Kier alpha value is -1.01. The highest BCUT2D eigenvalue weighted by atomic mass is 16.6. The van der Waals surface area contributed by atoms with E-state index in [1.807, 2.05) is 0 Å². The van der Waals surface area contributed by atoms with Crippen LogP contribution in [0.4, 0.5) is 4.79 Å². The Morgan fingerprint density at radius 2 is 2.10 bits per heavy atom. The van der Waals surface area contributed by atoms with Gasteiger partial charge in [0.15, 0.2) is 0 Å². The van der Waals surface area contributed by atoms with Crippen molar-refractivity contribution in [3.8, 4) is 0 Å². The number of carbonyl (C=O) groups excluding carboxylic acids is 1. The van der Waals surface area contributed by atoms with Gasteiger partial charge in [-0.05, 0) is 0 Å². The number of aliphatic hydroxyl groups excluding tert-OH is 3. The van der Waals surface area contributed by atoms with Gasteiger partial charge in [-0.2, -0.15) is 0 Å². The summed E-state index contributed by atoms with van der Waals surface area (Å²) in [6.45, 7) is -0.0604. The maximum absolute atomic E-state index is 11.5. The number of nitrogens with one attached hydrogen (secondary N) is 3. The summed E-state index contributed by atoms with van der Waals surface area (Å²) in [5.41, 5.74) is 5.83. The minimum Gasteiger partial charge on any atom is -0.394 e. The van der Waals surface area contributed by atoms with Crippen LogP contribution < -0.4 is 21.7 Å². The number of hydrogen-bond donors (Lipinski definition) is 7. The second-order valence-electron chi connectivity index (χ2n) is 5.22. The molecule has 3 heterocycles. The lowest BCUT2D eigenvalue weighted by Crippen LogP contribution is -2.70. The van der Waals surface area contributed by atoms with E-state index in [2.05, 4.69) is 16.0 Å². The first-order chi connectivity index (χ1) is 9.52. The van der Waals surface area contributed by atoms with Crippen LogP contribution in [0, 0.1) is 0 Å². The largest absolute Gasteiger partial charge is 0.394 e. The summed E-state index contributed by atoms with van der Waals surface area (Å²) < 4.78 is 5.46. The molecule has 20 heavy (non-hydrogen) atoms. The van der Waals surface area contributed by atoms with Crippen LogP contribution >= 0.6 is 0 Å². The Morgan fingerprint density at radius 1 is 1.35 bits per heavy atom. The molecule has 0 unspecified atom stereocenters. The molecule has 0 bridgehead atoms. The Kier molecular flexibility index (Phi) is 3.54. The van der Waals surface area contributed by atoms with Gasteiger partial charge in [0.1, 0.15) is 30.7 Å². The molecule has 3 rings (SSSR count). The first-order valence-corrected chi connectivity index (χ1v) is 6.47. The van der Waals surface area contributed by atoms with Crippen LogP contribution in [0.15, 0.2) is 0 Å². The second kappa shape index (κ2) is 5.07. The van der Waals surface area contributed by atoms with Crippen molar-refractivity contribution in [3.05, 3.63) is 0 Å². The van der Waals surface area contributed by atoms with Crippen LogP contribution in [0.25, 0.3) is 0 Å². The average molecular weight is 289 g/mol. The van der Waals surface area contributed by atoms with Crippen LogP contribution in [0.5, 0.6) is 0 Å². The third-order valence-corrected chi connectivity index (χ3v) is 4.01. The highest BCUT2D eigenvalue weighted by Crippen LogP contribution is 2.28. The van der Waals surface area contributed by atoms with E-state index in [0.29, 0.717) is 6.67 Å².